The van der Waals surface area contributed by atoms with Crippen LogP contribution in [0, 0.1) is 0 Å². The maximum Gasteiger partial charge on any atom is 0.0544 e. The van der Waals surface area contributed by atoms with Crippen LogP contribution in [-0.4, -0.2) is 0 Å². The Kier molecular flexibility index (Phi) is 9.86. The standard InChI is InChI=1S/C39H45N.2C2H6/c1-14-17-23(3)25(5)24(4)20-28(15-2)29-21-32-36-33(22-29)39(12,13)31-19-16-18-30-35(31)40(36)34(26(6)37(30,8)9)27(7)38(32,10)11;2*1-2/h14-22H,2,4,6H2,1,3,5,7-13H3;2*1-2H3/b17-14-,25-23-,28-20+;;. The second-order valence-corrected chi connectivity index (χ2v) is 13.4. The molecule has 0 spiro atoms. The van der Waals surface area contributed by atoms with E-state index in [1.54, 1.807) is 0 Å². The Hall–Kier alpha value is -3.58. The summed E-state index contributed by atoms with van der Waals surface area (Å²) in [5.41, 5.74) is 17.2. The topological polar surface area (TPSA) is 3.24 Å². The van der Waals surface area contributed by atoms with Gasteiger partial charge in [0, 0.05) is 21.9 Å². The van der Waals surface area contributed by atoms with Crippen LogP contribution in [0.4, 0.5) is 11.4 Å². The number of para-hydroxylation sites is 1. The highest BCUT2D eigenvalue weighted by molar-refractivity contribution is 5.94. The van der Waals surface area contributed by atoms with Gasteiger partial charge in [-0.25, -0.2) is 0 Å². The summed E-state index contributed by atoms with van der Waals surface area (Å²) in [6.07, 6.45) is 8.39. The Bertz CT molecular complexity index is 1640. The number of hydrogen-bond donors (Lipinski definition) is 0. The maximum absolute atomic E-state index is 4.72. The first-order valence-corrected chi connectivity index (χ1v) is 16.5. The smallest absolute Gasteiger partial charge is 0.0544 e. The fraction of sp³-hybridized carbons (Fsp3) is 0.395. The summed E-state index contributed by atoms with van der Waals surface area (Å²) < 4.78 is 0. The Morgan fingerprint density at radius 3 is 1.82 bits per heavy atom. The normalized spacial score (nSPS) is 18.8. The van der Waals surface area contributed by atoms with Crippen molar-refractivity contribution in [2.24, 2.45) is 0 Å². The van der Waals surface area contributed by atoms with Crippen molar-refractivity contribution in [2.45, 2.75) is 113 Å². The van der Waals surface area contributed by atoms with Gasteiger partial charge in [0.15, 0.2) is 0 Å². The lowest BCUT2D eigenvalue weighted by molar-refractivity contribution is 0.542. The lowest BCUT2D eigenvalue weighted by Gasteiger charge is -2.56. The van der Waals surface area contributed by atoms with Crippen molar-refractivity contribution in [3.63, 3.8) is 0 Å². The number of nitrogens with zero attached hydrogens (tertiary/aromatic N) is 1. The van der Waals surface area contributed by atoms with Gasteiger partial charge in [-0.2, -0.15) is 0 Å². The summed E-state index contributed by atoms with van der Waals surface area (Å²) in [6, 6.07) is 11.7. The average molecular weight is 588 g/mol. The van der Waals surface area contributed by atoms with Gasteiger partial charge in [0.2, 0.25) is 0 Å². The Labute approximate surface area is 270 Å². The van der Waals surface area contributed by atoms with E-state index in [1.165, 1.54) is 67.2 Å². The third-order valence-corrected chi connectivity index (χ3v) is 10.2. The van der Waals surface area contributed by atoms with Crippen LogP contribution in [0.3, 0.4) is 0 Å². The third kappa shape index (κ3) is 5.03. The van der Waals surface area contributed by atoms with Gasteiger partial charge in [0.25, 0.3) is 0 Å². The number of allylic oxidation sites excluding steroid dienone is 10. The highest BCUT2D eigenvalue weighted by Crippen LogP contribution is 2.64. The van der Waals surface area contributed by atoms with Crippen LogP contribution in [0.1, 0.15) is 125 Å². The number of hydrogen-bond acceptors (Lipinski definition) is 1. The van der Waals surface area contributed by atoms with Gasteiger partial charge >= 0.3 is 0 Å². The van der Waals surface area contributed by atoms with Gasteiger partial charge in [-0.05, 0) is 107 Å². The minimum atomic E-state index is -0.176. The van der Waals surface area contributed by atoms with E-state index >= 15 is 0 Å². The molecule has 0 fully saturated rings. The molecule has 0 saturated carbocycles. The van der Waals surface area contributed by atoms with Crippen molar-refractivity contribution in [1.29, 1.82) is 0 Å². The van der Waals surface area contributed by atoms with Gasteiger partial charge in [0.1, 0.15) is 0 Å². The van der Waals surface area contributed by atoms with Crippen molar-refractivity contribution in [2.75, 3.05) is 4.90 Å². The summed E-state index contributed by atoms with van der Waals surface area (Å²) in [7, 11) is 0. The van der Waals surface area contributed by atoms with Crippen molar-refractivity contribution in [3.8, 4) is 0 Å². The predicted octanol–water partition coefficient (Wildman–Crippen LogP) is 13.0. The van der Waals surface area contributed by atoms with E-state index in [9.17, 15) is 0 Å². The Morgan fingerprint density at radius 2 is 1.30 bits per heavy atom. The molecule has 0 radical (unpaired) electrons. The minimum Gasteiger partial charge on any atom is -0.309 e. The maximum atomic E-state index is 4.72. The molecular formula is C43H57N. The predicted molar refractivity (Wildman–Crippen MR) is 198 cm³/mol. The summed E-state index contributed by atoms with van der Waals surface area (Å²) >= 11 is 0. The van der Waals surface area contributed by atoms with Crippen LogP contribution < -0.4 is 4.90 Å². The fourth-order valence-corrected chi connectivity index (χ4v) is 6.94. The second-order valence-electron chi connectivity index (χ2n) is 13.4. The molecule has 0 bridgehead atoms. The van der Waals surface area contributed by atoms with Crippen LogP contribution in [0.2, 0.25) is 0 Å². The molecule has 44 heavy (non-hydrogen) atoms. The molecule has 0 unspecified atom stereocenters. The van der Waals surface area contributed by atoms with Gasteiger partial charge in [-0.15, -0.1) is 0 Å². The molecule has 1 nitrogen and oxygen atoms in total. The van der Waals surface area contributed by atoms with Crippen molar-refractivity contribution in [1.82, 2.24) is 0 Å². The molecule has 0 aliphatic carbocycles. The van der Waals surface area contributed by atoms with Crippen molar-refractivity contribution in [3.05, 3.63) is 136 Å². The SMILES string of the molecule is C=C/C(=C\C(=C)/C(C)=C(C)\C=C/C)c1cc2c3c(c1)C(C)(C)c1cccc4c1N3C(=C(C)C2(C)C)C(=C)C4(C)C.CC.CC. The van der Waals surface area contributed by atoms with E-state index in [2.05, 4.69) is 129 Å². The first-order chi connectivity index (χ1) is 20.6. The molecule has 1 heteroatoms. The summed E-state index contributed by atoms with van der Waals surface area (Å²) in [4.78, 5) is 2.56. The summed E-state index contributed by atoms with van der Waals surface area (Å²) in [5.74, 6) is 0. The molecule has 3 aliphatic heterocycles. The Morgan fingerprint density at radius 1 is 0.795 bits per heavy atom. The van der Waals surface area contributed by atoms with E-state index in [0.29, 0.717) is 0 Å². The van der Waals surface area contributed by atoms with Crippen LogP contribution in [0.5, 0.6) is 0 Å². The zero-order chi connectivity index (χ0) is 33.5. The van der Waals surface area contributed by atoms with Gasteiger partial charge < -0.3 is 4.90 Å². The van der Waals surface area contributed by atoms with E-state index in [0.717, 1.165) is 11.1 Å². The molecule has 234 valence electrons. The number of rotatable bonds is 5. The molecule has 0 saturated heterocycles. The summed E-state index contributed by atoms with van der Waals surface area (Å²) in [6.45, 7) is 44.2. The van der Waals surface area contributed by atoms with Crippen LogP contribution in [0.25, 0.3) is 5.57 Å². The van der Waals surface area contributed by atoms with Gasteiger partial charge in [0.05, 0.1) is 11.4 Å². The third-order valence-electron chi connectivity index (χ3n) is 10.2. The first kappa shape index (κ1) is 34.9. The van der Waals surface area contributed by atoms with Crippen LogP contribution >= 0.6 is 0 Å². The molecule has 0 N–H and O–H groups in total. The fourth-order valence-electron chi connectivity index (χ4n) is 6.94. The molecule has 2 aromatic rings. The molecule has 3 aliphatic rings. The monoisotopic (exact) mass is 587 g/mol. The van der Waals surface area contributed by atoms with Gasteiger partial charge in [-0.1, -0.05) is 125 Å². The Balaban J connectivity index is 0.00000127. The lowest BCUT2D eigenvalue weighted by Crippen LogP contribution is -2.46. The van der Waals surface area contributed by atoms with Gasteiger partial charge in [-0.3, -0.25) is 0 Å². The lowest BCUT2D eigenvalue weighted by atomic mass is 9.60. The van der Waals surface area contributed by atoms with Crippen LogP contribution in [-0.2, 0) is 16.2 Å². The highest BCUT2D eigenvalue weighted by Gasteiger charge is 2.51. The molecule has 2 aromatic carbocycles. The van der Waals surface area contributed by atoms with E-state index < -0.39 is 0 Å². The van der Waals surface area contributed by atoms with Crippen molar-refractivity contribution >= 4 is 16.9 Å². The molecule has 3 heterocycles. The zero-order valence-corrected chi connectivity index (χ0v) is 30.3. The quantitative estimate of drug-likeness (QED) is 0.315. The number of anilines is 2. The molecule has 0 amide bonds. The molecular weight excluding hydrogens is 530 g/mol. The first-order valence-electron chi connectivity index (χ1n) is 16.5. The van der Waals surface area contributed by atoms with Crippen LogP contribution in [0.15, 0.2) is 108 Å². The van der Waals surface area contributed by atoms with E-state index in [1.807, 2.05) is 40.7 Å². The average Bonchev–Trinajstić information content (AvgIpc) is 3.01. The molecule has 5 rings (SSSR count). The van der Waals surface area contributed by atoms with E-state index in [4.69, 9.17) is 6.58 Å². The van der Waals surface area contributed by atoms with Crippen molar-refractivity contribution < 1.29 is 0 Å². The molecule has 0 atom stereocenters. The highest BCUT2D eigenvalue weighted by atomic mass is 15.2. The second kappa shape index (κ2) is 12.4. The molecule has 0 aromatic heterocycles. The van der Waals surface area contributed by atoms with E-state index in [-0.39, 0.29) is 16.2 Å². The minimum absolute atomic E-state index is 0.144. The summed E-state index contributed by atoms with van der Waals surface area (Å²) in [5, 5.41) is 0. The largest absolute Gasteiger partial charge is 0.309 e. The zero-order valence-electron chi connectivity index (χ0n) is 30.3. The number of benzene rings is 2.